The van der Waals surface area contributed by atoms with Gasteiger partial charge in [-0.25, -0.2) is 8.78 Å². The van der Waals surface area contributed by atoms with Crippen molar-refractivity contribution >= 4 is 17.0 Å². The molecule has 3 aromatic rings. The van der Waals surface area contributed by atoms with Crippen molar-refractivity contribution in [1.82, 2.24) is 14.8 Å². The van der Waals surface area contributed by atoms with Crippen LogP contribution in [-0.4, -0.2) is 32.2 Å². The van der Waals surface area contributed by atoms with Crippen LogP contribution < -0.4 is 0 Å². The number of aliphatic hydroxyl groups is 1. The summed E-state index contributed by atoms with van der Waals surface area (Å²) in [5.74, 6) is 0.235. The van der Waals surface area contributed by atoms with Crippen molar-refractivity contribution in [2.45, 2.75) is 26.3 Å². The van der Waals surface area contributed by atoms with E-state index in [9.17, 15) is 13.9 Å². The number of aliphatic hydroxyl groups excluding tert-OH is 1. The normalized spacial score (nSPS) is 17.9. The lowest BCUT2D eigenvalue weighted by Crippen LogP contribution is -2.13. The van der Waals surface area contributed by atoms with Crippen LogP contribution in [0.2, 0.25) is 0 Å². The number of fused-ring (bicyclic) bond motifs is 5. The van der Waals surface area contributed by atoms with E-state index in [0.29, 0.717) is 18.0 Å². The van der Waals surface area contributed by atoms with E-state index in [1.54, 1.807) is 11.3 Å². The van der Waals surface area contributed by atoms with Gasteiger partial charge in [0.2, 0.25) is 0 Å². The van der Waals surface area contributed by atoms with E-state index >= 15 is 0 Å². The van der Waals surface area contributed by atoms with Crippen LogP contribution in [-0.2, 0) is 19.4 Å². The maximum atomic E-state index is 14.6. The molecule has 0 radical (unpaired) electrons. The van der Waals surface area contributed by atoms with Crippen LogP contribution in [0, 0.1) is 24.5 Å². The highest BCUT2D eigenvalue weighted by molar-refractivity contribution is 7.15. The van der Waals surface area contributed by atoms with Gasteiger partial charge in [0.25, 0.3) is 0 Å². The van der Waals surface area contributed by atoms with Gasteiger partial charge < -0.3 is 5.11 Å². The van der Waals surface area contributed by atoms with Gasteiger partial charge in [0, 0.05) is 17.0 Å². The number of nitrogens with zero attached hydrogens (tertiary/aromatic N) is 4. The molecule has 138 valence electrons. The van der Waals surface area contributed by atoms with Crippen LogP contribution in [0.15, 0.2) is 23.2 Å². The Morgan fingerprint density at radius 2 is 1.96 bits per heavy atom. The number of thiophene rings is 1. The standard InChI is InChI=1S/C19H16F2N4OS/c1-9-23-24-15-7-22-18(17-12(20)3-2-4-13(17)21)16-11-5-10(8-26)6-14(11)27-19(16)25(9)15/h2-4,10,26H,5-8H2,1H3. The van der Waals surface area contributed by atoms with Gasteiger partial charge in [0.15, 0.2) is 5.82 Å². The number of rotatable bonds is 2. The monoisotopic (exact) mass is 386 g/mol. The quantitative estimate of drug-likeness (QED) is 0.737. The van der Waals surface area contributed by atoms with Crippen molar-refractivity contribution in [2.75, 3.05) is 6.61 Å². The molecule has 0 saturated heterocycles. The molecule has 1 unspecified atom stereocenters. The Morgan fingerprint density at radius 3 is 2.70 bits per heavy atom. The van der Waals surface area contributed by atoms with Gasteiger partial charge in [-0.05, 0) is 43.4 Å². The zero-order valence-electron chi connectivity index (χ0n) is 14.5. The third kappa shape index (κ3) is 2.40. The average molecular weight is 386 g/mol. The van der Waals surface area contributed by atoms with E-state index in [1.165, 1.54) is 18.2 Å². The molecule has 0 saturated carbocycles. The van der Waals surface area contributed by atoms with Gasteiger partial charge in [-0.2, -0.15) is 0 Å². The molecule has 2 aliphatic rings. The first-order chi connectivity index (χ1) is 13.1. The molecule has 3 heterocycles. The predicted octanol–water partition coefficient (Wildman–Crippen LogP) is 2.97. The highest BCUT2D eigenvalue weighted by Crippen LogP contribution is 2.43. The fraction of sp³-hybridized carbons (Fsp3) is 0.316. The molecule has 8 heteroatoms. The van der Waals surface area contributed by atoms with Gasteiger partial charge in [-0.15, -0.1) is 21.5 Å². The third-order valence-corrected chi connectivity index (χ3v) is 6.45. The SMILES string of the molecule is Cc1nnc2n1-c1sc3c(c1C(c1c(F)cccc1F)=NC2)CC(CO)C3. The minimum absolute atomic E-state index is 0.0909. The smallest absolute Gasteiger partial charge is 0.160 e. The van der Waals surface area contributed by atoms with Gasteiger partial charge in [-0.3, -0.25) is 9.56 Å². The molecule has 1 atom stereocenters. The van der Waals surface area contributed by atoms with Gasteiger partial charge in [0.05, 0.1) is 11.3 Å². The second-order valence-corrected chi connectivity index (χ2v) is 7.98. The Balaban J connectivity index is 1.80. The maximum Gasteiger partial charge on any atom is 0.160 e. The molecule has 2 aromatic heterocycles. The lowest BCUT2D eigenvalue weighted by atomic mass is 9.97. The number of halogens is 2. The molecule has 0 amide bonds. The van der Waals surface area contributed by atoms with Crippen molar-refractivity contribution in [2.24, 2.45) is 10.9 Å². The van der Waals surface area contributed by atoms with Crippen molar-refractivity contribution in [3.05, 3.63) is 63.0 Å². The first-order valence-corrected chi connectivity index (χ1v) is 9.56. The summed E-state index contributed by atoms with van der Waals surface area (Å²) >= 11 is 1.57. The van der Waals surface area contributed by atoms with Crippen LogP contribution in [0.5, 0.6) is 0 Å². The molecular formula is C19H16F2N4OS. The maximum absolute atomic E-state index is 14.6. The predicted molar refractivity (Wildman–Crippen MR) is 97.7 cm³/mol. The van der Waals surface area contributed by atoms with Gasteiger partial charge in [-0.1, -0.05) is 6.07 Å². The van der Waals surface area contributed by atoms with Crippen molar-refractivity contribution in [1.29, 1.82) is 0 Å². The largest absolute Gasteiger partial charge is 0.396 e. The fourth-order valence-corrected chi connectivity index (χ4v) is 5.47. The molecule has 0 fully saturated rings. The molecule has 27 heavy (non-hydrogen) atoms. The molecule has 1 aliphatic heterocycles. The van der Waals surface area contributed by atoms with Gasteiger partial charge in [0.1, 0.15) is 29.0 Å². The van der Waals surface area contributed by atoms with Crippen LogP contribution in [0.1, 0.15) is 33.2 Å². The molecule has 1 N–H and O–H groups in total. The van der Waals surface area contributed by atoms with E-state index in [0.717, 1.165) is 33.3 Å². The summed E-state index contributed by atoms with van der Waals surface area (Å²) in [6.07, 6.45) is 1.43. The van der Waals surface area contributed by atoms with Crippen molar-refractivity contribution in [3.8, 4) is 5.00 Å². The summed E-state index contributed by atoms with van der Waals surface area (Å²) < 4.78 is 31.1. The molecule has 1 aromatic carbocycles. The summed E-state index contributed by atoms with van der Waals surface area (Å²) in [5, 5.41) is 18.8. The van der Waals surface area contributed by atoms with Crippen LogP contribution in [0.3, 0.4) is 0 Å². The van der Waals surface area contributed by atoms with E-state index in [4.69, 9.17) is 0 Å². The summed E-state index contributed by atoms with van der Waals surface area (Å²) in [6.45, 7) is 2.15. The van der Waals surface area contributed by atoms with E-state index in [-0.39, 0.29) is 24.6 Å². The fourth-order valence-electron chi connectivity index (χ4n) is 3.96. The highest BCUT2D eigenvalue weighted by atomic mass is 32.1. The lowest BCUT2D eigenvalue weighted by molar-refractivity contribution is 0.232. The Morgan fingerprint density at radius 1 is 1.19 bits per heavy atom. The molecular weight excluding hydrogens is 370 g/mol. The van der Waals surface area contributed by atoms with E-state index in [1.807, 2.05) is 11.5 Å². The molecule has 5 rings (SSSR count). The Kier molecular flexibility index (Phi) is 3.73. The molecule has 1 aliphatic carbocycles. The number of aromatic nitrogens is 3. The van der Waals surface area contributed by atoms with Crippen LogP contribution >= 0.6 is 11.3 Å². The Labute approximate surface area is 158 Å². The minimum Gasteiger partial charge on any atom is -0.396 e. The minimum atomic E-state index is -0.634. The summed E-state index contributed by atoms with van der Waals surface area (Å²) in [7, 11) is 0. The highest BCUT2D eigenvalue weighted by Gasteiger charge is 2.35. The zero-order chi connectivity index (χ0) is 18.7. The topological polar surface area (TPSA) is 63.3 Å². The Bertz CT molecular complexity index is 1080. The van der Waals surface area contributed by atoms with E-state index in [2.05, 4.69) is 15.2 Å². The van der Waals surface area contributed by atoms with Gasteiger partial charge >= 0.3 is 0 Å². The molecule has 5 nitrogen and oxygen atoms in total. The van der Waals surface area contributed by atoms with E-state index < -0.39 is 11.6 Å². The second-order valence-electron chi connectivity index (χ2n) is 6.90. The Hall–Kier alpha value is -2.45. The third-order valence-electron chi connectivity index (χ3n) is 5.21. The molecule has 0 spiro atoms. The number of hydrogen-bond acceptors (Lipinski definition) is 5. The summed E-state index contributed by atoms with van der Waals surface area (Å²) in [5.41, 5.74) is 1.98. The first-order valence-electron chi connectivity index (χ1n) is 8.74. The average Bonchev–Trinajstić information content (AvgIpc) is 3.27. The summed E-state index contributed by atoms with van der Waals surface area (Å²) in [6, 6.07) is 3.85. The summed E-state index contributed by atoms with van der Waals surface area (Å²) in [4.78, 5) is 5.70. The van der Waals surface area contributed by atoms with Crippen molar-refractivity contribution < 1.29 is 13.9 Å². The number of aryl methyl sites for hydroxylation is 1. The van der Waals surface area contributed by atoms with Crippen LogP contribution in [0.4, 0.5) is 8.78 Å². The second kappa shape index (κ2) is 6.03. The molecule has 0 bridgehead atoms. The number of hydrogen-bond donors (Lipinski definition) is 1. The lowest BCUT2D eigenvalue weighted by Gasteiger charge is -2.12. The number of benzene rings is 1. The zero-order valence-corrected chi connectivity index (χ0v) is 15.4. The first kappa shape index (κ1) is 16.7. The number of aliphatic imine (C=N–C) groups is 1. The van der Waals surface area contributed by atoms with Crippen LogP contribution in [0.25, 0.3) is 5.00 Å². The van der Waals surface area contributed by atoms with Crippen molar-refractivity contribution in [3.63, 3.8) is 0 Å².